The number of piperazine rings is 1. The highest BCUT2D eigenvalue weighted by Gasteiger charge is 2.18. The summed E-state index contributed by atoms with van der Waals surface area (Å²) in [6.45, 7) is 4.11. The first-order chi connectivity index (χ1) is 15.6. The van der Waals surface area contributed by atoms with Crippen LogP contribution in [0.2, 0.25) is 0 Å². The summed E-state index contributed by atoms with van der Waals surface area (Å²) >= 11 is 1.69. The number of benzene rings is 3. The summed E-state index contributed by atoms with van der Waals surface area (Å²) in [6, 6.07) is 24.1. The Labute approximate surface area is 192 Å². The van der Waals surface area contributed by atoms with Crippen molar-refractivity contribution in [2.24, 2.45) is 0 Å². The lowest BCUT2D eigenvalue weighted by atomic mass is 10.0. The van der Waals surface area contributed by atoms with Crippen molar-refractivity contribution in [3.05, 3.63) is 89.5 Å². The van der Waals surface area contributed by atoms with Crippen LogP contribution >= 0.6 is 11.3 Å². The number of rotatable bonds is 5. The van der Waals surface area contributed by atoms with Gasteiger partial charge in [-0.15, -0.1) is 0 Å². The zero-order chi connectivity index (χ0) is 21.9. The molecule has 1 aromatic heterocycles. The van der Waals surface area contributed by atoms with Gasteiger partial charge in [0.1, 0.15) is 0 Å². The number of amides is 1. The van der Waals surface area contributed by atoms with Crippen molar-refractivity contribution in [3.63, 3.8) is 0 Å². The Morgan fingerprint density at radius 1 is 0.938 bits per heavy atom. The van der Waals surface area contributed by atoms with E-state index in [-0.39, 0.29) is 5.91 Å². The fourth-order valence-corrected chi connectivity index (χ4v) is 4.99. The summed E-state index contributed by atoms with van der Waals surface area (Å²) in [5.74, 6) is -0.0978. The van der Waals surface area contributed by atoms with Gasteiger partial charge in [-0.25, -0.2) is 4.98 Å². The Balaban J connectivity index is 1.26. The molecular formula is C26H26N4OS. The van der Waals surface area contributed by atoms with E-state index in [2.05, 4.69) is 34.3 Å². The van der Waals surface area contributed by atoms with Crippen molar-refractivity contribution >= 4 is 38.3 Å². The first-order valence-electron chi connectivity index (χ1n) is 10.9. The Hall–Kier alpha value is -3.22. The average Bonchev–Trinajstić information content (AvgIpc) is 3.24. The molecule has 1 N–H and O–H groups in total. The predicted octanol–water partition coefficient (Wildman–Crippen LogP) is 4.89. The second-order valence-electron chi connectivity index (χ2n) is 8.28. The first kappa shape index (κ1) is 20.7. The number of nitrogens with zero attached hydrogens (tertiary/aromatic N) is 3. The molecule has 1 aliphatic heterocycles. The first-order valence-corrected chi connectivity index (χ1v) is 11.7. The van der Waals surface area contributed by atoms with Crippen LogP contribution in [0.15, 0.2) is 72.8 Å². The number of fused-ring (bicyclic) bond motifs is 1. The highest BCUT2D eigenvalue weighted by Crippen LogP contribution is 2.31. The number of likely N-dealkylation sites (N-methyl/N-ethyl adjacent to an activating group) is 1. The van der Waals surface area contributed by atoms with Gasteiger partial charge in [0.2, 0.25) is 0 Å². The zero-order valence-corrected chi connectivity index (χ0v) is 18.9. The lowest BCUT2D eigenvalue weighted by Crippen LogP contribution is -2.44. The molecule has 6 heteroatoms. The van der Waals surface area contributed by atoms with E-state index < -0.39 is 0 Å². The van der Waals surface area contributed by atoms with Gasteiger partial charge in [-0.1, -0.05) is 53.8 Å². The number of carbonyl (C=O) groups excluding carboxylic acids is 1. The Morgan fingerprint density at radius 2 is 1.66 bits per heavy atom. The fraction of sp³-hybridized carbons (Fsp3) is 0.231. The molecule has 5 nitrogen and oxygen atoms in total. The van der Waals surface area contributed by atoms with Gasteiger partial charge in [-0.05, 0) is 54.9 Å². The standard InChI is InChI=1S/C26H26N4OS/c1-29-13-15-30(16-14-29)26-28-23-12-11-22(18-24(23)32-26)27-25(31)21-9-7-20(8-10-21)17-19-5-3-2-4-6-19/h2-12,18H,13-17H2,1H3,(H,27,31). The molecule has 0 saturated carbocycles. The molecule has 0 unspecified atom stereocenters. The smallest absolute Gasteiger partial charge is 0.255 e. The molecule has 5 rings (SSSR count). The zero-order valence-electron chi connectivity index (χ0n) is 18.1. The van der Waals surface area contributed by atoms with E-state index in [4.69, 9.17) is 4.98 Å². The minimum atomic E-state index is -0.0978. The van der Waals surface area contributed by atoms with Crippen LogP contribution in [0.25, 0.3) is 10.2 Å². The molecule has 0 atom stereocenters. The van der Waals surface area contributed by atoms with E-state index in [1.807, 2.05) is 60.7 Å². The normalized spacial score (nSPS) is 14.6. The molecule has 162 valence electrons. The van der Waals surface area contributed by atoms with E-state index in [9.17, 15) is 4.79 Å². The second kappa shape index (κ2) is 9.10. The number of carbonyl (C=O) groups is 1. The average molecular weight is 443 g/mol. The van der Waals surface area contributed by atoms with Crippen LogP contribution in [-0.2, 0) is 6.42 Å². The van der Waals surface area contributed by atoms with E-state index >= 15 is 0 Å². The van der Waals surface area contributed by atoms with Crippen molar-refractivity contribution < 1.29 is 4.79 Å². The third-order valence-corrected chi connectivity index (χ3v) is 6.95. The van der Waals surface area contributed by atoms with Gasteiger partial charge < -0.3 is 15.1 Å². The van der Waals surface area contributed by atoms with Crippen LogP contribution in [0.5, 0.6) is 0 Å². The van der Waals surface area contributed by atoms with Crippen LogP contribution in [0.1, 0.15) is 21.5 Å². The molecule has 0 spiro atoms. The van der Waals surface area contributed by atoms with Gasteiger partial charge in [0.25, 0.3) is 5.91 Å². The molecule has 1 fully saturated rings. The van der Waals surface area contributed by atoms with Gasteiger partial charge in [0.05, 0.1) is 10.2 Å². The van der Waals surface area contributed by atoms with Gasteiger partial charge in [-0.2, -0.15) is 0 Å². The lowest BCUT2D eigenvalue weighted by Gasteiger charge is -2.31. The molecule has 2 heterocycles. The molecule has 1 aliphatic rings. The highest BCUT2D eigenvalue weighted by atomic mass is 32.1. The lowest BCUT2D eigenvalue weighted by molar-refractivity contribution is 0.102. The molecule has 1 amide bonds. The highest BCUT2D eigenvalue weighted by molar-refractivity contribution is 7.22. The Bertz CT molecular complexity index is 1210. The Kier molecular flexibility index (Phi) is 5.88. The van der Waals surface area contributed by atoms with Crippen molar-refractivity contribution in [1.29, 1.82) is 0 Å². The van der Waals surface area contributed by atoms with Crippen LogP contribution in [-0.4, -0.2) is 49.0 Å². The molecule has 1 saturated heterocycles. The molecule has 0 bridgehead atoms. The van der Waals surface area contributed by atoms with Crippen molar-refractivity contribution in [3.8, 4) is 0 Å². The van der Waals surface area contributed by atoms with Gasteiger partial charge in [0.15, 0.2) is 5.13 Å². The molecular weight excluding hydrogens is 416 g/mol. The second-order valence-corrected chi connectivity index (χ2v) is 9.29. The Morgan fingerprint density at radius 3 is 2.41 bits per heavy atom. The van der Waals surface area contributed by atoms with E-state index in [1.165, 1.54) is 11.1 Å². The number of hydrogen-bond donors (Lipinski definition) is 1. The minimum absolute atomic E-state index is 0.0978. The molecule has 4 aromatic rings. The van der Waals surface area contributed by atoms with Crippen LogP contribution in [0.4, 0.5) is 10.8 Å². The summed E-state index contributed by atoms with van der Waals surface area (Å²) in [5, 5.41) is 4.09. The third kappa shape index (κ3) is 4.66. The minimum Gasteiger partial charge on any atom is -0.345 e. The van der Waals surface area contributed by atoms with Crippen molar-refractivity contribution in [2.45, 2.75) is 6.42 Å². The van der Waals surface area contributed by atoms with E-state index in [1.54, 1.807) is 11.3 Å². The molecule has 32 heavy (non-hydrogen) atoms. The summed E-state index contributed by atoms with van der Waals surface area (Å²) in [7, 11) is 2.15. The molecule has 0 aliphatic carbocycles. The van der Waals surface area contributed by atoms with Crippen molar-refractivity contribution in [2.75, 3.05) is 43.4 Å². The number of nitrogens with one attached hydrogen (secondary N) is 1. The van der Waals surface area contributed by atoms with E-state index in [0.717, 1.165) is 53.6 Å². The summed E-state index contributed by atoms with van der Waals surface area (Å²) in [5.41, 5.74) is 4.88. The summed E-state index contributed by atoms with van der Waals surface area (Å²) in [4.78, 5) is 22.3. The number of aromatic nitrogens is 1. The van der Waals surface area contributed by atoms with Crippen LogP contribution < -0.4 is 10.2 Å². The van der Waals surface area contributed by atoms with Crippen LogP contribution in [0, 0.1) is 0 Å². The molecule has 3 aromatic carbocycles. The maximum atomic E-state index is 12.8. The largest absolute Gasteiger partial charge is 0.345 e. The predicted molar refractivity (Wildman–Crippen MR) is 133 cm³/mol. The van der Waals surface area contributed by atoms with Gasteiger partial charge >= 0.3 is 0 Å². The number of anilines is 2. The maximum absolute atomic E-state index is 12.8. The monoisotopic (exact) mass is 442 g/mol. The summed E-state index contributed by atoms with van der Waals surface area (Å²) < 4.78 is 1.09. The number of thiazole rings is 1. The van der Waals surface area contributed by atoms with Crippen molar-refractivity contribution in [1.82, 2.24) is 9.88 Å². The van der Waals surface area contributed by atoms with Crippen LogP contribution in [0.3, 0.4) is 0 Å². The molecule has 0 radical (unpaired) electrons. The van der Waals surface area contributed by atoms with Gasteiger partial charge in [-0.3, -0.25) is 4.79 Å². The SMILES string of the molecule is CN1CCN(c2nc3ccc(NC(=O)c4ccc(Cc5ccccc5)cc4)cc3s2)CC1. The summed E-state index contributed by atoms with van der Waals surface area (Å²) in [6.07, 6.45) is 0.862. The topological polar surface area (TPSA) is 48.5 Å². The quantitative estimate of drug-likeness (QED) is 0.478. The number of hydrogen-bond acceptors (Lipinski definition) is 5. The van der Waals surface area contributed by atoms with Gasteiger partial charge in [0, 0.05) is 37.4 Å². The third-order valence-electron chi connectivity index (χ3n) is 5.88. The maximum Gasteiger partial charge on any atom is 0.255 e. The van der Waals surface area contributed by atoms with E-state index in [0.29, 0.717) is 5.56 Å². The fourth-order valence-electron chi connectivity index (χ4n) is 3.93.